The van der Waals surface area contributed by atoms with Crippen molar-refractivity contribution in [1.82, 2.24) is 0 Å². The molecule has 1 aliphatic carbocycles. The van der Waals surface area contributed by atoms with Gasteiger partial charge in [0.2, 0.25) is 0 Å². The zero-order valence-corrected chi connectivity index (χ0v) is 12.4. The maximum absolute atomic E-state index is 11.6. The molecule has 1 aliphatic rings. The predicted octanol–water partition coefficient (Wildman–Crippen LogP) is 4.19. The second kappa shape index (κ2) is 5.13. The largest absolute Gasteiger partial charge is 0.464 e. The van der Waals surface area contributed by atoms with Crippen LogP contribution in [0.5, 0.6) is 0 Å². The summed E-state index contributed by atoms with van der Waals surface area (Å²) in [5.41, 5.74) is 5.96. The summed E-state index contributed by atoms with van der Waals surface area (Å²) in [5, 5.41) is 0. The van der Waals surface area contributed by atoms with Crippen LogP contribution in [0.4, 0.5) is 0 Å². The van der Waals surface area contributed by atoms with Crippen molar-refractivity contribution in [3.05, 3.63) is 34.4 Å². The molecule has 0 saturated carbocycles. The first kappa shape index (κ1) is 14.7. The van der Waals surface area contributed by atoms with Gasteiger partial charge in [-0.05, 0) is 52.7 Å². The van der Waals surface area contributed by atoms with Crippen molar-refractivity contribution >= 4 is 5.97 Å². The molecule has 0 aliphatic heterocycles. The predicted molar refractivity (Wildman–Crippen MR) is 75.2 cm³/mol. The van der Waals surface area contributed by atoms with Gasteiger partial charge in [-0.25, -0.2) is 0 Å². The highest BCUT2D eigenvalue weighted by Crippen LogP contribution is 2.46. The van der Waals surface area contributed by atoms with E-state index in [9.17, 15) is 4.79 Å². The standard InChI is InChI=1S/C16H24O2/c1-10(2)8-15(17)18-9-16(7)13(5)11(3)12(4)14(16)6/h1,8-9H2,2-7H3. The molecule has 0 aromatic rings. The minimum Gasteiger partial charge on any atom is -0.464 e. The summed E-state index contributed by atoms with van der Waals surface area (Å²) in [4.78, 5) is 11.6. The summed E-state index contributed by atoms with van der Waals surface area (Å²) in [6, 6.07) is 0. The van der Waals surface area contributed by atoms with Crippen molar-refractivity contribution in [2.45, 2.75) is 48.0 Å². The van der Waals surface area contributed by atoms with Crippen molar-refractivity contribution in [1.29, 1.82) is 0 Å². The smallest absolute Gasteiger partial charge is 0.309 e. The first-order chi connectivity index (χ1) is 8.20. The Labute approximate surface area is 110 Å². The molecule has 0 bridgehead atoms. The Morgan fingerprint density at radius 1 is 1.17 bits per heavy atom. The van der Waals surface area contributed by atoms with Gasteiger partial charge in [-0.3, -0.25) is 4.79 Å². The normalized spacial score (nSPS) is 18.3. The third-order valence-electron chi connectivity index (χ3n) is 4.31. The number of esters is 1. The zero-order valence-electron chi connectivity index (χ0n) is 12.4. The van der Waals surface area contributed by atoms with Crippen LogP contribution in [-0.2, 0) is 9.53 Å². The van der Waals surface area contributed by atoms with Crippen molar-refractivity contribution in [3.63, 3.8) is 0 Å². The SMILES string of the molecule is C=C(C)CC(=O)OCC1(C)C(C)=C(C)C(C)=C1C. The molecule has 1 rings (SSSR count). The van der Waals surface area contributed by atoms with Crippen LogP contribution in [-0.4, -0.2) is 12.6 Å². The lowest BCUT2D eigenvalue weighted by Crippen LogP contribution is -2.26. The van der Waals surface area contributed by atoms with Crippen molar-refractivity contribution in [2.75, 3.05) is 6.61 Å². The number of allylic oxidation sites excluding steroid dienone is 2. The average molecular weight is 248 g/mol. The van der Waals surface area contributed by atoms with E-state index < -0.39 is 0 Å². The number of carbonyl (C=O) groups excluding carboxylic acids is 1. The topological polar surface area (TPSA) is 26.3 Å². The molecule has 2 heteroatoms. The Bertz CT molecular complexity index is 426. The maximum Gasteiger partial charge on any atom is 0.309 e. The molecule has 0 fully saturated rings. The van der Waals surface area contributed by atoms with Gasteiger partial charge < -0.3 is 4.74 Å². The van der Waals surface area contributed by atoms with E-state index >= 15 is 0 Å². The van der Waals surface area contributed by atoms with Gasteiger partial charge in [-0.15, -0.1) is 0 Å². The highest BCUT2D eigenvalue weighted by molar-refractivity contribution is 5.72. The van der Waals surface area contributed by atoms with Crippen LogP contribution in [0.25, 0.3) is 0 Å². The molecule has 0 aromatic carbocycles. The number of hydrogen-bond acceptors (Lipinski definition) is 2. The van der Waals surface area contributed by atoms with E-state index in [1.54, 1.807) is 0 Å². The Morgan fingerprint density at radius 2 is 1.61 bits per heavy atom. The molecular weight excluding hydrogens is 224 g/mol. The van der Waals surface area contributed by atoms with Crippen LogP contribution in [0.1, 0.15) is 48.0 Å². The quantitative estimate of drug-likeness (QED) is 0.551. The summed E-state index contributed by atoms with van der Waals surface area (Å²) < 4.78 is 5.41. The van der Waals surface area contributed by atoms with Crippen LogP contribution in [0.3, 0.4) is 0 Å². The van der Waals surface area contributed by atoms with Crippen LogP contribution < -0.4 is 0 Å². The molecule has 0 unspecified atom stereocenters. The summed E-state index contributed by atoms with van der Waals surface area (Å²) in [6.45, 7) is 16.7. The van der Waals surface area contributed by atoms with Crippen molar-refractivity contribution in [2.24, 2.45) is 5.41 Å². The maximum atomic E-state index is 11.6. The van der Waals surface area contributed by atoms with Crippen molar-refractivity contribution < 1.29 is 9.53 Å². The third kappa shape index (κ3) is 2.58. The van der Waals surface area contributed by atoms with Gasteiger partial charge >= 0.3 is 5.97 Å². The molecular formula is C16H24O2. The van der Waals surface area contributed by atoms with Gasteiger partial charge in [0.1, 0.15) is 6.61 Å². The van der Waals surface area contributed by atoms with E-state index in [-0.39, 0.29) is 11.4 Å². The second-order valence-electron chi connectivity index (χ2n) is 5.63. The van der Waals surface area contributed by atoms with Gasteiger partial charge in [-0.1, -0.05) is 23.3 Å². The van der Waals surface area contributed by atoms with E-state index in [1.807, 2.05) is 6.92 Å². The number of rotatable bonds is 4. The van der Waals surface area contributed by atoms with Crippen LogP contribution in [0, 0.1) is 5.41 Å². The molecule has 100 valence electrons. The molecule has 0 saturated heterocycles. The molecule has 0 heterocycles. The molecule has 0 N–H and O–H groups in total. The summed E-state index contributed by atoms with van der Waals surface area (Å²) in [5.74, 6) is -0.188. The minimum atomic E-state index is -0.188. The fraction of sp³-hybridized carbons (Fsp3) is 0.562. The molecule has 0 spiro atoms. The Morgan fingerprint density at radius 3 is 2.00 bits per heavy atom. The Balaban J connectivity index is 2.79. The summed E-state index contributed by atoms with van der Waals surface area (Å²) in [7, 11) is 0. The van der Waals surface area contributed by atoms with Crippen LogP contribution >= 0.6 is 0 Å². The molecule has 18 heavy (non-hydrogen) atoms. The monoisotopic (exact) mass is 248 g/mol. The van der Waals surface area contributed by atoms with Gasteiger partial charge in [0.05, 0.1) is 6.42 Å². The average Bonchev–Trinajstić information content (AvgIpc) is 2.43. The highest BCUT2D eigenvalue weighted by Gasteiger charge is 2.37. The molecule has 0 aromatic heterocycles. The summed E-state index contributed by atoms with van der Waals surface area (Å²) in [6.07, 6.45) is 0.305. The van der Waals surface area contributed by atoms with Crippen LogP contribution in [0.15, 0.2) is 34.4 Å². The van der Waals surface area contributed by atoms with Crippen molar-refractivity contribution in [3.8, 4) is 0 Å². The number of ether oxygens (including phenoxy) is 1. The first-order valence-electron chi connectivity index (χ1n) is 6.36. The molecule has 2 nitrogen and oxygen atoms in total. The van der Waals surface area contributed by atoms with Gasteiger partial charge in [-0.2, -0.15) is 0 Å². The third-order valence-corrected chi connectivity index (χ3v) is 4.31. The zero-order chi connectivity index (χ0) is 14.1. The Hall–Kier alpha value is -1.31. The van der Waals surface area contributed by atoms with Gasteiger partial charge in [0.25, 0.3) is 0 Å². The van der Waals surface area contributed by atoms with E-state index in [0.29, 0.717) is 13.0 Å². The fourth-order valence-electron chi connectivity index (χ4n) is 2.41. The lowest BCUT2D eigenvalue weighted by molar-refractivity contribution is -0.144. The minimum absolute atomic E-state index is 0.140. The number of hydrogen-bond donors (Lipinski definition) is 0. The lowest BCUT2D eigenvalue weighted by Gasteiger charge is -2.28. The summed E-state index contributed by atoms with van der Waals surface area (Å²) >= 11 is 0. The first-order valence-corrected chi connectivity index (χ1v) is 6.36. The second-order valence-corrected chi connectivity index (χ2v) is 5.63. The molecule has 0 radical (unpaired) electrons. The van der Waals surface area contributed by atoms with E-state index in [0.717, 1.165) is 5.57 Å². The Kier molecular flexibility index (Phi) is 4.20. The van der Waals surface area contributed by atoms with Crippen LogP contribution in [0.2, 0.25) is 0 Å². The molecule has 0 amide bonds. The van der Waals surface area contributed by atoms with E-state index in [1.165, 1.54) is 22.3 Å². The van der Waals surface area contributed by atoms with E-state index in [2.05, 4.69) is 41.2 Å². The van der Waals surface area contributed by atoms with E-state index in [4.69, 9.17) is 4.74 Å². The van der Waals surface area contributed by atoms with Gasteiger partial charge in [0, 0.05) is 5.41 Å². The molecule has 0 atom stereocenters. The number of carbonyl (C=O) groups is 1. The van der Waals surface area contributed by atoms with Gasteiger partial charge in [0.15, 0.2) is 0 Å². The fourth-order valence-corrected chi connectivity index (χ4v) is 2.41. The highest BCUT2D eigenvalue weighted by atomic mass is 16.5. The lowest BCUT2D eigenvalue weighted by atomic mass is 9.80.